The lowest BCUT2D eigenvalue weighted by molar-refractivity contribution is 0.0696. The number of rotatable bonds is 7. The summed E-state index contributed by atoms with van der Waals surface area (Å²) >= 11 is 6.78. The zero-order valence-electron chi connectivity index (χ0n) is 21.9. The van der Waals surface area contributed by atoms with Crippen LogP contribution in [0.3, 0.4) is 0 Å². The van der Waals surface area contributed by atoms with Crippen molar-refractivity contribution in [3.8, 4) is 33.7 Å². The van der Waals surface area contributed by atoms with E-state index in [0.717, 1.165) is 52.1 Å². The molecule has 1 saturated carbocycles. The number of hydrogen-bond acceptors (Lipinski definition) is 7. The Morgan fingerprint density at radius 3 is 2.46 bits per heavy atom. The maximum atomic E-state index is 11.8. The van der Waals surface area contributed by atoms with Crippen molar-refractivity contribution in [2.45, 2.75) is 52.6 Å². The van der Waals surface area contributed by atoms with E-state index >= 15 is 0 Å². The minimum absolute atomic E-state index is 0.0433. The predicted octanol–water partition coefficient (Wildman–Crippen LogP) is 6.77. The second-order valence-corrected chi connectivity index (χ2v) is 10.5. The molecule has 4 aromatic heterocycles. The molecule has 1 aromatic carbocycles. The monoisotopic (exact) mass is 543 g/mol. The number of carbonyl (C=O) groups is 1. The number of carboxylic acid groups (broad SMARTS) is 1. The van der Waals surface area contributed by atoms with Gasteiger partial charge in [0.1, 0.15) is 23.0 Å². The Balaban J connectivity index is 1.62. The normalized spacial score (nSPS) is 13.4. The standard InChI is InChI=1S/C29H26ClN5O4/c1-14(2)38-24-9-18(29(36)37)8-23(30)26(24)22-13-35(20-11-31-27(32-12-20)17-5-6-17)28-21(22)7-19(10-33-28)25-15(3)34-39-16(25)4/h7-14,17H,5-6H2,1-4H3,(H,36,37). The van der Waals surface area contributed by atoms with Gasteiger partial charge in [0.15, 0.2) is 0 Å². The van der Waals surface area contributed by atoms with Gasteiger partial charge in [0, 0.05) is 46.0 Å². The number of fused-ring (bicyclic) bond motifs is 1. The van der Waals surface area contributed by atoms with Gasteiger partial charge in [-0.15, -0.1) is 0 Å². The van der Waals surface area contributed by atoms with E-state index in [0.29, 0.717) is 28.6 Å². The molecule has 0 bridgehead atoms. The highest BCUT2D eigenvalue weighted by atomic mass is 35.5. The molecule has 5 aromatic rings. The van der Waals surface area contributed by atoms with Crippen LogP contribution >= 0.6 is 11.6 Å². The lowest BCUT2D eigenvalue weighted by Crippen LogP contribution is -2.08. The quantitative estimate of drug-likeness (QED) is 0.239. The maximum absolute atomic E-state index is 11.8. The van der Waals surface area contributed by atoms with Crippen LogP contribution in [-0.2, 0) is 0 Å². The number of ether oxygens (including phenoxy) is 1. The Morgan fingerprint density at radius 1 is 1.10 bits per heavy atom. The molecule has 0 aliphatic heterocycles. The van der Waals surface area contributed by atoms with E-state index in [-0.39, 0.29) is 16.7 Å². The molecule has 1 fully saturated rings. The highest BCUT2D eigenvalue weighted by Crippen LogP contribution is 2.44. The second-order valence-electron chi connectivity index (χ2n) is 10.1. The Bertz CT molecular complexity index is 1720. The van der Waals surface area contributed by atoms with E-state index in [1.165, 1.54) is 12.1 Å². The Labute approximate surface area is 229 Å². The molecular formula is C29H26ClN5O4. The van der Waals surface area contributed by atoms with Gasteiger partial charge in [0.2, 0.25) is 0 Å². The molecule has 0 radical (unpaired) electrons. The van der Waals surface area contributed by atoms with Crippen LogP contribution in [0.4, 0.5) is 0 Å². The molecule has 198 valence electrons. The van der Waals surface area contributed by atoms with E-state index in [4.69, 9.17) is 25.8 Å². The smallest absolute Gasteiger partial charge is 0.335 e. The minimum Gasteiger partial charge on any atom is -0.490 e. The average molecular weight is 544 g/mol. The highest BCUT2D eigenvalue weighted by molar-refractivity contribution is 6.34. The molecule has 4 heterocycles. The molecule has 0 unspecified atom stereocenters. The number of aromatic carboxylic acids is 1. The fourth-order valence-corrected chi connectivity index (χ4v) is 5.17. The molecule has 0 spiro atoms. The van der Waals surface area contributed by atoms with Gasteiger partial charge in [-0.25, -0.2) is 19.7 Å². The molecule has 10 heteroatoms. The summed E-state index contributed by atoms with van der Waals surface area (Å²) in [6.45, 7) is 7.51. The molecule has 6 rings (SSSR count). The Hall–Kier alpha value is -4.24. The van der Waals surface area contributed by atoms with Gasteiger partial charge in [-0.05, 0) is 58.7 Å². The number of aryl methyl sites for hydroxylation is 2. The van der Waals surface area contributed by atoms with Crippen molar-refractivity contribution in [2.24, 2.45) is 0 Å². The number of aromatic nitrogens is 5. The van der Waals surface area contributed by atoms with Gasteiger partial charge in [-0.3, -0.25) is 4.57 Å². The maximum Gasteiger partial charge on any atom is 0.335 e. The average Bonchev–Trinajstić information content (AvgIpc) is 3.61. The summed E-state index contributed by atoms with van der Waals surface area (Å²) in [4.78, 5) is 25.8. The lowest BCUT2D eigenvalue weighted by atomic mass is 9.99. The van der Waals surface area contributed by atoms with Gasteiger partial charge < -0.3 is 14.4 Å². The molecule has 0 amide bonds. The van der Waals surface area contributed by atoms with Crippen molar-refractivity contribution in [1.29, 1.82) is 0 Å². The summed E-state index contributed by atoms with van der Waals surface area (Å²) in [6, 6.07) is 4.96. The van der Waals surface area contributed by atoms with Crippen LogP contribution in [0.1, 0.15) is 60.2 Å². The number of hydrogen-bond donors (Lipinski definition) is 1. The summed E-state index contributed by atoms with van der Waals surface area (Å²) in [5, 5.41) is 14.8. The summed E-state index contributed by atoms with van der Waals surface area (Å²) in [6.07, 6.45) is 9.32. The summed E-state index contributed by atoms with van der Waals surface area (Å²) in [5.74, 6) is 1.26. The van der Waals surface area contributed by atoms with Gasteiger partial charge in [0.25, 0.3) is 0 Å². The van der Waals surface area contributed by atoms with Crippen molar-refractivity contribution in [3.63, 3.8) is 0 Å². The van der Waals surface area contributed by atoms with E-state index in [1.54, 1.807) is 18.6 Å². The van der Waals surface area contributed by atoms with Crippen LogP contribution in [0.15, 0.2) is 47.5 Å². The summed E-state index contributed by atoms with van der Waals surface area (Å²) < 4.78 is 13.4. The Kier molecular flexibility index (Phi) is 6.10. The van der Waals surface area contributed by atoms with E-state index in [9.17, 15) is 9.90 Å². The third-order valence-electron chi connectivity index (χ3n) is 6.78. The third-order valence-corrected chi connectivity index (χ3v) is 7.08. The highest BCUT2D eigenvalue weighted by Gasteiger charge is 2.27. The van der Waals surface area contributed by atoms with Crippen molar-refractivity contribution < 1.29 is 19.2 Å². The molecule has 39 heavy (non-hydrogen) atoms. The molecule has 9 nitrogen and oxygen atoms in total. The first kappa shape index (κ1) is 25.1. The SMILES string of the molecule is Cc1noc(C)c1-c1cnc2c(c1)c(-c1c(Cl)cc(C(=O)O)cc1OC(C)C)cn2-c1cnc(C2CC2)nc1. The van der Waals surface area contributed by atoms with Gasteiger partial charge in [0.05, 0.1) is 40.5 Å². The zero-order chi connectivity index (χ0) is 27.4. The number of carboxylic acids is 1. The van der Waals surface area contributed by atoms with E-state index < -0.39 is 5.97 Å². The summed E-state index contributed by atoms with van der Waals surface area (Å²) in [7, 11) is 0. The second kappa shape index (κ2) is 9.50. The molecule has 0 atom stereocenters. The molecule has 1 aliphatic rings. The number of benzene rings is 1. The number of nitrogens with zero attached hydrogens (tertiary/aromatic N) is 5. The first-order valence-corrected chi connectivity index (χ1v) is 13.1. The van der Waals surface area contributed by atoms with Crippen LogP contribution in [0.5, 0.6) is 5.75 Å². The molecule has 0 saturated heterocycles. The lowest BCUT2D eigenvalue weighted by Gasteiger charge is -2.16. The molecular weight excluding hydrogens is 518 g/mol. The van der Waals surface area contributed by atoms with Crippen molar-refractivity contribution in [2.75, 3.05) is 0 Å². The van der Waals surface area contributed by atoms with Crippen molar-refractivity contribution >= 4 is 28.6 Å². The largest absolute Gasteiger partial charge is 0.490 e. The van der Waals surface area contributed by atoms with Gasteiger partial charge in [-0.2, -0.15) is 0 Å². The van der Waals surface area contributed by atoms with Crippen molar-refractivity contribution in [1.82, 2.24) is 24.7 Å². The number of halogens is 1. The van der Waals surface area contributed by atoms with Crippen LogP contribution in [0, 0.1) is 13.8 Å². The fourth-order valence-electron chi connectivity index (χ4n) is 4.86. The van der Waals surface area contributed by atoms with Crippen LogP contribution < -0.4 is 4.74 Å². The first-order chi connectivity index (χ1) is 18.7. The predicted molar refractivity (Wildman–Crippen MR) is 147 cm³/mol. The molecule has 1 aliphatic carbocycles. The van der Waals surface area contributed by atoms with Crippen LogP contribution in [0.25, 0.3) is 39.0 Å². The topological polar surface area (TPSA) is 116 Å². The van der Waals surface area contributed by atoms with Gasteiger partial charge >= 0.3 is 5.97 Å². The molecule has 1 N–H and O–H groups in total. The van der Waals surface area contributed by atoms with E-state index in [2.05, 4.69) is 15.1 Å². The minimum atomic E-state index is -1.09. The van der Waals surface area contributed by atoms with E-state index in [1.807, 2.05) is 44.5 Å². The number of pyridine rings is 1. The Morgan fingerprint density at radius 2 is 1.85 bits per heavy atom. The van der Waals surface area contributed by atoms with Gasteiger partial charge in [-0.1, -0.05) is 16.8 Å². The fraction of sp³-hybridized carbons (Fsp3) is 0.276. The zero-order valence-corrected chi connectivity index (χ0v) is 22.7. The summed E-state index contributed by atoms with van der Waals surface area (Å²) in [5.41, 5.74) is 5.22. The van der Waals surface area contributed by atoms with Crippen LogP contribution in [-0.4, -0.2) is 41.9 Å². The first-order valence-electron chi connectivity index (χ1n) is 12.7. The van der Waals surface area contributed by atoms with Crippen LogP contribution in [0.2, 0.25) is 5.02 Å². The third kappa shape index (κ3) is 4.52. The van der Waals surface area contributed by atoms with Crippen molar-refractivity contribution in [3.05, 3.63) is 70.9 Å².